The van der Waals surface area contributed by atoms with E-state index in [1.807, 2.05) is 6.92 Å². The van der Waals surface area contributed by atoms with Crippen LogP contribution in [0.5, 0.6) is 0 Å². The Morgan fingerprint density at radius 3 is 2.62 bits per heavy atom. The zero-order valence-corrected chi connectivity index (χ0v) is 11.9. The molecule has 1 aromatic rings. The minimum atomic E-state index is 0.491. The summed E-state index contributed by atoms with van der Waals surface area (Å²) in [5.74, 6) is 0.755. The van der Waals surface area contributed by atoms with E-state index in [0.29, 0.717) is 24.8 Å². The maximum Gasteiger partial charge on any atom is 0.147 e. The monoisotopic (exact) mass is 306 g/mol. The fourth-order valence-electron chi connectivity index (χ4n) is 1.33. The number of aryl methyl sites for hydroxylation is 1. The molecule has 90 valence electrons. The molecule has 0 N–H and O–H groups in total. The fraction of sp³-hybridized carbons (Fsp3) is 0.636. The highest BCUT2D eigenvalue weighted by Gasteiger charge is 2.09. The van der Waals surface area contributed by atoms with Gasteiger partial charge in [0.1, 0.15) is 11.0 Å². The van der Waals surface area contributed by atoms with E-state index in [4.69, 9.17) is 16.3 Å². The number of hydrogen-bond acceptors (Lipinski definition) is 3. The van der Waals surface area contributed by atoms with Crippen LogP contribution in [0.4, 0.5) is 0 Å². The lowest BCUT2D eigenvalue weighted by Gasteiger charge is -2.07. The highest BCUT2D eigenvalue weighted by atomic mass is 79.9. The van der Waals surface area contributed by atoms with E-state index in [9.17, 15) is 0 Å². The average Bonchev–Trinajstić information content (AvgIpc) is 2.26. The second-order valence-corrected chi connectivity index (χ2v) is 4.54. The third-order valence-corrected chi connectivity index (χ3v) is 3.42. The van der Waals surface area contributed by atoms with Gasteiger partial charge in [0.2, 0.25) is 0 Å². The molecule has 0 saturated heterocycles. The van der Waals surface area contributed by atoms with Gasteiger partial charge >= 0.3 is 0 Å². The van der Waals surface area contributed by atoms with Crippen LogP contribution in [0.25, 0.3) is 0 Å². The highest BCUT2D eigenvalue weighted by Crippen LogP contribution is 2.24. The van der Waals surface area contributed by atoms with Gasteiger partial charge in [-0.15, -0.1) is 0 Å². The van der Waals surface area contributed by atoms with E-state index in [1.165, 1.54) is 0 Å². The van der Waals surface area contributed by atoms with E-state index in [-0.39, 0.29) is 0 Å². The van der Waals surface area contributed by atoms with Gasteiger partial charge in [-0.25, -0.2) is 9.97 Å². The summed E-state index contributed by atoms with van der Waals surface area (Å²) in [6, 6.07) is 0. The van der Waals surface area contributed by atoms with Gasteiger partial charge in [-0.1, -0.05) is 24.9 Å². The molecule has 0 aliphatic carbocycles. The van der Waals surface area contributed by atoms with Crippen LogP contribution in [0.1, 0.15) is 31.8 Å². The number of nitrogens with zero attached hydrogens (tertiary/aromatic N) is 2. The normalized spacial score (nSPS) is 10.8. The van der Waals surface area contributed by atoms with E-state index >= 15 is 0 Å². The Morgan fingerprint density at radius 1 is 1.25 bits per heavy atom. The van der Waals surface area contributed by atoms with Crippen molar-refractivity contribution in [3.63, 3.8) is 0 Å². The summed E-state index contributed by atoms with van der Waals surface area (Å²) in [5.41, 5.74) is 0.981. The lowest BCUT2D eigenvalue weighted by atomic mass is 10.2. The smallest absolute Gasteiger partial charge is 0.147 e. The molecule has 0 aromatic carbocycles. The Labute approximate surface area is 110 Å². The number of aromatic nitrogens is 2. The van der Waals surface area contributed by atoms with Crippen LogP contribution in [-0.4, -0.2) is 23.2 Å². The summed E-state index contributed by atoms with van der Waals surface area (Å²) in [4.78, 5) is 8.69. The van der Waals surface area contributed by atoms with Crippen molar-refractivity contribution in [3.8, 4) is 0 Å². The molecule has 3 nitrogen and oxygen atoms in total. The van der Waals surface area contributed by atoms with Crippen LogP contribution < -0.4 is 0 Å². The molecular weight excluding hydrogens is 291 g/mol. The van der Waals surface area contributed by atoms with Gasteiger partial charge < -0.3 is 4.74 Å². The van der Waals surface area contributed by atoms with Crippen molar-refractivity contribution >= 4 is 27.5 Å². The van der Waals surface area contributed by atoms with Crippen LogP contribution in [0.3, 0.4) is 0 Å². The van der Waals surface area contributed by atoms with Crippen molar-refractivity contribution in [3.05, 3.63) is 21.1 Å². The van der Waals surface area contributed by atoms with Gasteiger partial charge in [0, 0.05) is 13.0 Å². The third kappa shape index (κ3) is 4.00. The fourth-order valence-corrected chi connectivity index (χ4v) is 1.92. The minimum Gasteiger partial charge on any atom is -0.381 e. The molecule has 0 fully saturated rings. The highest BCUT2D eigenvalue weighted by molar-refractivity contribution is 9.10. The summed E-state index contributed by atoms with van der Waals surface area (Å²) in [6.45, 7) is 5.44. The molecule has 0 bridgehead atoms. The molecule has 1 heterocycles. The van der Waals surface area contributed by atoms with Crippen molar-refractivity contribution in [2.24, 2.45) is 0 Å². The maximum atomic E-state index is 6.03. The Balaban J connectivity index is 2.77. The first-order valence-corrected chi connectivity index (χ1v) is 6.64. The van der Waals surface area contributed by atoms with Gasteiger partial charge in [0.15, 0.2) is 0 Å². The van der Waals surface area contributed by atoms with Crippen LogP contribution in [0.15, 0.2) is 4.47 Å². The van der Waals surface area contributed by atoms with Gasteiger partial charge in [-0.3, -0.25) is 0 Å². The Morgan fingerprint density at radius 2 is 2.00 bits per heavy atom. The van der Waals surface area contributed by atoms with Gasteiger partial charge in [0.05, 0.1) is 16.8 Å². The van der Waals surface area contributed by atoms with Crippen molar-refractivity contribution in [1.29, 1.82) is 0 Å². The maximum absolute atomic E-state index is 6.03. The number of ether oxygens (including phenoxy) is 1. The van der Waals surface area contributed by atoms with Crippen molar-refractivity contribution in [2.45, 2.75) is 33.1 Å². The molecule has 1 aromatic heterocycles. The topological polar surface area (TPSA) is 35.0 Å². The predicted molar refractivity (Wildman–Crippen MR) is 68.9 cm³/mol. The molecule has 1 rings (SSSR count). The summed E-state index contributed by atoms with van der Waals surface area (Å²) < 4.78 is 6.09. The Kier molecular flexibility index (Phi) is 6.24. The third-order valence-electron chi connectivity index (χ3n) is 2.09. The Hall–Kier alpha value is -0.190. The van der Waals surface area contributed by atoms with Crippen molar-refractivity contribution in [1.82, 2.24) is 9.97 Å². The molecule has 0 radical (unpaired) electrons. The van der Waals surface area contributed by atoms with Crippen LogP contribution in [0.2, 0.25) is 5.15 Å². The average molecular weight is 308 g/mol. The van der Waals surface area contributed by atoms with Gasteiger partial charge in [0.25, 0.3) is 0 Å². The standard InChI is InChI=1S/C11H16BrClN2O/c1-3-5-8-10(12)11(13)15-9(14-8)6-7-16-4-2/h3-7H2,1-2H3. The Bertz CT molecular complexity index is 347. The predicted octanol–water partition coefficient (Wildman–Crippen LogP) is 3.42. The second-order valence-electron chi connectivity index (χ2n) is 3.39. The summed E-state index contributed by atoms with van der Waals surface area (Å²) >= 11 is 9.44. The largest absolute Gasteiger partial charge is 0.381 e. The van der Waals surface area contributed by atoms with Crippen LogP contribution in [-0.2, 0) is 17.6 Å². The minimum absolute atomic E-state index is 0.491. The van der Waals surface area contributed by atoms with E-state index in [1.54, 1.807) is 0 Å². The van der Waals surface area contributed by atoms with Gasteiger partial charge in [-0.2, -0.15) is 0 Å². The van der Waals surface area contributed by atoms with Crippen LogP contribution in [0, 0.1) is 0 Å². The first-order valence-electron chi connectivity index (χ1n) is 5.47. The first-order chi connectivity index (χ1) is 7.69. The van der Waals surface area contributed by atoms with Crippen molar-refractivity contribution < 1.29 is 4.74 Å². The molecule has 0 amide bonds. The lowest BCUT2D eigenvalue weighted by molar-refractivity contribution is 0.149. The molecule has 0 saturated carbocycles. The summed E-state index contributed by atoms with van der Waals surface area (Å²) in [7, 11) is 0. The zero-order valence-electron chi connectivity index (χ0n) is 9.59. The molecular formula is C11H16BrClN2O. The van der Waals surface area contributed by atoms with E-state index < -0.39 is 0 Å². The quantitative estimate of drug-likeness (QED) is 0.596. The molecule has 0 atom stereocenters. The SMILES string of the molecule is CCCc1nc(CCOCC)nc(Cl)c1Br. The van der Waals surface area contributed by atoms with Crippen LogP contribution >= 0.6 is 27.5 Å². The molecule has 0 aliphatic heterocycles. The molecule has 0 aliphatic rings. The van der Waals surface area contributed by atoms with Gasteiger partial charge in [-0.05, 0) is 29.3 Å². The molecule has 0 spiro atoms. The number of halogens is 2. The molecule has 16 heavy (non-hydrogen) atoms. The number of hydrogen-bond donors (Lipinski definition) is 0. The summed E-state index contributed by atoms with van der Waals surface area (Å²) in [5, 5.41) is 0.491. The van der Waals surface area contributed by atoms with E-state index in [2.05, 4.69) is 32.8 Å². The molecule has 0 unspecified atom stereocenters. The zero-order chi connectivity index (χ0) is 12.0. The summed E-state index contributed by atoms with van der Waals surface area (Å²) in [6.07, 6.45) is 2.65. The lowest BCUT2D eigenvalue weighted by Crippen LogP contribution is -2.06. The van der Waals surface area contributed by atoms with E-state index in [0.717, 1.165) is 28.8 Å². The molecule has 5 heteroatoms. The van der Waals surface area contributed by atoms with Crippen molar-refractivity contribution in [2.75, 3.05) is 13.2 Å². The second kappa shape index (κ2) is 7.20. The number of rotatable bonds is 6. The first kappa shape index (κ1) is 13.9.